The lowest BCUT2D eigenvalue weighted by atomic mass is 10.1. The SMILES string of the molecule is CN(Cc1nccn1C)C(=O)c1cc(F)c(F)cc1N. The second-order valence-electron chi connectivity index (χ2n) is 4.47. The molecule has 0 aliphatic heterocycles. The lowest BCUT2D eigenvalue weighted by Gasteiger charge is -2.18. The number of anilines is 1. The Balaban J connectivity index is 2.23. The zero-order valence-corrected chi connectivity index (χ0v) is 11.1. The Morgan fingerprint density at radius 1 is 1.40 bits per heavy atom. The van der Waals surface area contributed by atoms with Crippen molar-refractivity contribution in [1.29, 1.82) is 0 Å². The Hall–Kier alpha value is -2.44. The van der Waals surface area contributed by atoms with Gasteiger partial charge in [0.25, 0.3) is 5.91 Å². The zero-order chi connectivity index (χ0) is 14.9. The predicted molar refractivity (Wildman–Crippen MR) is 69.8 cm³/mol. The van der Waals surface area contributed by atoms with Crippen molar-refractivity contribution in [3.05, 3.63) is 47.5 Å². The summed E-state index contributed by atoms with van der Waals surface area (Å²) in [6, 6.07) is 1.61. The third-order valence-electron chi connectivity index (χ3n) is 2.97. The summed E-state index contributed by atoms with van der Waals surface area (Å²) in [5.41, 5.74) is 5.39. The summed E-state index contributed by atoms with van der Waals surface area (Å²) in [5, 5.41) is 0. The first kappa shape index (κ1) is 14.0. The molecule has 0 fully saturated rings. The molecule has 5 nitrogen and oxygen atoms in total. The fraction of sp³-hybridized carbons (Fsp3) is 0.231. The molecular weight excluding hydrogens is 266 g/mol. The molecule has 0 atom stereocenters. The number of hydrogen-bond donors (Lipinski definition) is 1. The van der Waals surface area contributed by atoms with Crippen molar-refractivity contribution in [2.24, 2.45) is 7.05 Å². The van der Waals surface area contributed by atoms with Crippen molar-refractivity contribution in [3.63, 3.8) is 0 Å². The third kappa shape index (κ3) is 2.61. The maximum atomic E-state index is 13.2. The number of halogens is 2. The van der Waals surface area contributed by atoms with Gasteiger partial charge in [-0.05, 0) is 6.07 Å². The van der Waals surface area contributed by atoms with Crippen molar-refractivity contribution in [1.82, 2.24) is 14.5 Å². The number of aromatic nitrogens is 2. The first-order valence-corrected chi connectivity index (χ1v) is 5.86. The van der Waals surface area contributed by atoms with E-state index in [0.29, 0.717) is 5.82 Å². The molecule has 0 unspecified atom stereocenters. The van der Waals surface area contributed by atoms with Crippen LogP contribution in [0.5, 0.6) is 0 Å². The lowest BCUT2D eigenvalue weighted by molar-refractivity contribution is 0.0781. The van der Waals surface area contributed by atoms with Gasteiger partial charge in [-0.25, -0.2) is 13.8 Å². The van der Waals surface area contributed by atoms with Crippen LogP contribution in [0.25, 0.3) is 0 Å². The van der Waals surface area contributed by atoms with Gasteiger partial charge in [0.1, 0.15) is 5.82 Å². The number of amides is 1. The van der Waals surface area contributed by atoms with E-state index in [4.69, 9.17) is 5.73 Å². The smallest absolute Gasteiger partial charge is 0.256 e. The van der Waals surface area contributed by atoms with Crippen LogP contribution in [-0.2, 0) is 13.6 Å². The molecule has 2 aromatic rings. The number of aryl methyl sites for hydroxylation is 1. The van der Waals surface area contributed by atoms with E-state index in [1.54, 1.807) is 24.0 Å². The fourth-order valence-electron chi connectivity index (χ4n) is 1.79. The molecular formula is C13H14F2N4O. The van der Waals surface area contributed by atoms with E-state index in [-0.39, 0.29) is 17.8 Å². The van der Waals surface area contributed by atoms with Gasteiger partial charge in [0.05, 0.1) is 12.1 Å². The van der Waals surface area contributed by atoms with Crippen LogP contribution in [0.3, 0.4) is 0 Å². The minimum Gasteiger partial charge on any atom is -0.398 e. The largest absolute Gasteiger partial charge is 0.398 e. The molecule has 0 saturated carbocycles. The number of nitrogen functional groups attached to an aromatic ring is 1. The molecule has 1 aromatic carbocycles. The number of imidazole rings is 1. The van der Waals surface area contributed by atoms with Gasteiger partial charge >= 0.3 is 0 Å². The topological polar surface area (TPSA) is 64.2 Å². The highest BCUT2D eigenvalue weighted by Crippen LogP contribution is 2.19. The number of carbonyl (C=O) groups is 1. The van der Waals surface area contributed by atoms with Crippen LogP contribution in [0.2, 0.25) is 0 Å². The average molecular weight is 280 g/mol. The van der Waals surface area contributed by atoms with E-state index in [1.165, 1.54) is 11.9 Å². The van der Waals surface area contributed by atoms with Crippen LogP contribution < -0.4 is 5.73 Å². The van der Waals surface area contributed by atoms with E-state index in [1.807, 2.05) is 0 Å². The highest BCUT2D eigenvalue weighted by molar-refractivity contribution is 5.98. The standard InChI is InChI=1S/C13H14F2N4O/c1-18-4-3-17-12(18)7-19(2)13(20)8-5-9(14)10(15)6-11(8)16/h3-6H,7,16H2,1-2H3. The van der Waals surface area contributed by atoms with Crippen molar-refractivity contribution in [3.8, 4) is 0 Å². The van der Waals surface area contributed by atoms with Crippen molar-refractivity contribution in [2.75, 3.05) is 12.8 Å². The Morgan fingerprint density at radius 3 is 2.65 bits per heavy atom. The third-order valence-corrected chi connectivity index (χ3v) is 2.97. The Morgan fingerprint density at radius 2 is 2.05 bits per heavy atom. The number of hydrogen-bond acceptors (Lipinski definition) is 3. The molecule has 0 bridgehead atoms. The normalized spacial score (nSPS) is 10.6. The van der Waals surface area contributed by atoms with Crippen LogP contribution in [-0.4, -0.2) is 27.4 Å². The number of benzene rings is 1. The Bertz CT molecular complexity index is 654. The number of nitrogens with two attached hydrogens (primary N) is 1. The molecule has 0 radical (unpaired) electrons. The van der Waals surface area contributed by atoms with Crippen LogP contribution in [0.4, 0.5) is 14.5 Å². The molecule has 0 aliphatic carbocycles. The van der Waals surface area contributed by atoms with Gasteiger partial charge in [-0.2, -0.15) is 0 Å². The Kier molecular flexibility index (Phi) is 3.69. The molecule has 2 rings (SSSR count). The first-order chi connectivity index (χ1) is 9.40. The molecule has 1 amide bonds. The minimum absolute atomic E-state index is 0.0689. The molecule has 106 valence electrons. The molecule has 1 heterocycles. The summed E-state index contributed by atoms with van der Waals surface area (Å²) < 4.78 is 28.0. The van der Waals surface area contributed by atoms with Gasteiger partial charge in [0, 0.05) is 38.2 Å². The van der Waals surface area contributed by atoms with E-state index < -0.39 is 17.5 Å². The molecule has 0 spiro atoms. The first-order valence-electron chi connectivity index (χ1n) is 5.86. The van der Waals surface area contributed by atoms with E-state index in [2.05, 4.69) is 4.98 Å². The van der Waals surface area contributed by atoms with Gasteiger partial charge in [-0.3, -0.25) is 4.79 Å². The number of nitrogens with zero attached hydrogens (tertiary/aromatic N) is 3. The summed E-state index contributed by atoms with van der Waals surface area (Å²) in [7, 11) is 3.34. The second-order valence-corrected chi connectivity index (χ2v) is 4.47. The summed E-state index contributed by atoms with van der Waals surface area (Å²) in [6.07, 6.45) is 3.36. The van der Waals surface area contributed by atoms with E-state index in [9.17, 15) is 13.6 Å². The quantitative estimate of drug-likeness (QED) is 0.868. The van der Waals surface area contributed by atoms with Crippen LogP contribution in [0.15, 0.2) is 24.5 Å². The second kappa shape index (κ2) is 5.28. The fourth-order valence-corrected chi connectivity index (χ4v) is 1.79. The summed E-state index contributed by atoms with van der Waals surface area (Å²) in [6.45, 7) is 0.237. The van der Waals surface area contributed by atoms with Gasteiger partial charge < -0.3 is 15.2 Å². The van der Waals surface area contributed by atoms with Crippen LogP contribution in [0.1, 0.15) is 16.2 Å². The molecule has 20 heavy (non-hydrogen) atoms. The van der Waals surface area contributed by atoms with E-state index >= 15 is 0 Å². The average Bonchev–Trinajstić information content (AvgIpc) is 2.78. The van der Waals surface area contributed by atoms with Gasteiger partial charge in [0.2, 0.25) is 0 Å². The maximum Gasteiger partial charge on any atom is 0.256 e. The summed E-state index contributed by atoms with van der Waals surface area (Å²) in [5.74, 6) is -2.01. The number of rotatable bonds is 3. The maximum absolute atomic E-state index is 13.2. The monoisotopic (exact) mass is 280 g/mol. The van der Waals surface area contributed by atoms with Crippen molar-refractivity contribution < 1.29 is 13.6 Å². The number of carbonyl (C=O) groups excluding carboxylic acids is 1. The van der Waals surface area contributed by atoms with Crippen molar-refractivity contribution >= 4 is 11.6 Å². The van der Waals surface area contributed by atoms with Gasteiger partial charge in [-0.15, -0.1) is 0 Å². The van der Waals surface area contributed by atoms with Crippen LogP contribution in [0, 0.1) is 11.6 Å². The van der Waals surface area contributed by atoms with Gasteiger partial charge in [0.15, 0.2) is 11.6 Å². The Labute approximate surface area is 114 Å². The zero-order valence-electron chi connectivity index (χ0n) is 11.1. The summed E-state index contributed by atoms with van der Waals surface area (Å²) in [4.78, 5) is 17.6. The van der Waals surface area contributed by atoms with E-state index in [0.717, 1.165) is 12.1 Å². The van der Waals surface area contributed by atoms with Gasteiger partial charge in [-0.1, -0.05) is 0 Å². The lowest BCUT2D eigenvalue weighted by Crippen LogP contribution is -2.28. The highest BCUT2D eigenvalue weighted by Gasteiger charge is 2.19. The molecule has 2 N–H and O–H groups in total. The summed E-state index contributed by atoms with van der Waals surface area (Å²) >= 11 is 0. The molecule has 0 aliphatic rings. The predicted octanol–water partition coefficient (Wildman–Crippen LogP) is 1.55. The van der Waals surface area contributed by atoms with Crippen molar-refractivity contribution in [2.45, 2.75) is 6.54 Å². The highest BCUT2D eigenvalue weighted by atomic mass is 19.2. The molecule has 7 heteroatoms. The van der Waals surface area contributed by atoms with Crippen LogP contribution >= 0.6 is 0 Å². The minimum atomic E-state index is -1.10. The molecule has 1 aromatic heterocycles. The molecule has 0 saturated heterocycles.